The second-order valence-corrected chi connectivity index (χ2v) is 5.85. The third-order valence-electron chi connectivity index (χ3n) is 3.26. The number of hydrogen-bond acceptors (Lipinski definition) is 0. The van der Waals surface area contributed by atoms with Crippen molar-refractivity contribution in [3.8, 4) is 11.8 Å². The van der Waals surface area contributed by atoms with E-state index in [1.165, 1.54) is 16.7 Å². The summed E-state index contributed by atoms with van der Waals surface area (Å²) in [6.07, 6.45) is 0.949. The smallest absolute Gasteiger partial charge is 0.0155 e. The van der Waals surface area contributed by atoms with Crippen molar-refractivity contribution in [2.24, 2.45) is 0 Å². The van der Waals surface area contributed by atoms with Gasteiger partial charge in [0.1, 0.15) is 0 Å². The molecule has 0 saturated heterocycles. The van der Waals surface area contributed by atoms with Gasteiger partial charge in [-0.25, -0.2) is 0 Å². The zero-order valence-corrected chi connectivity index (χ0v) is 12.0. The Morgan fingerprint density at radius 1 is 1.24 bits per heavy atom. The first-order valence-corrected chi connectivity index (χ1v) is 6.37. The summed E-state index contributed by atoms with van der Waals surface area (Å²) in [7, 11) is 0. The van der Waals surface area contributed by atoms with Crippen LogP contribution in [0.5, 0.6) is 0 Å². The number of benzene rings is 1. The molecule has 0 aliphatic carbocycles. The molecular weight excluding hydrogens is 204 g/mol. The average molecular weight is 228 g/mol. The lowest BCUT2D eigenvalue weighted by Crippen LogP contribution is -2.12. The minimum absolute atomic E-state index is 0.221. The predicted octanol–water partition coefficient (Wildman–Crippen LogP) is 4.81. The summed E-state index contributed by atoms with van der Waals surface area (Å²) in [5, 5.41) is 0. The van der Waals surface area contributed by atoms with Gasteiger partial charge in [0.25, 0.3) is 0 Å². The van der Waals surface area contributed by atoms with Gasteiger partial charge in [-0.15, -0.1) is 11.8 Å². The molecule has 0 radical (unpaired) electrons. The second-order valence-electron chi connectivity index (χ2n) is 5.85. The highest BCUT2D eigenvalue weighted by molar-refractivity contribution is 5.37. The Morgan fingerprint density at radius 3 is 2.41 bits per heavy atom. The number of hydrogen-bond donors (Lipinski definition) is 0. The lowest BCUT2D eigenvalue weighted by atomic mass is 9.83. The Kier molecular flexibility index (Phi) is 4.40. The monoisotopic (exact) mass is 228 g/mol. The highest BCUT2D eigenvalue weighted by Crippen LogP contribution is 2.29. The van der Waals surface area contributed by atoms with Crippen molar-refractivity contribution in [1.82, 2.24) is 0 Å². The van der Waals surface area contributed by atoms with E-state index >= 15 is 0 Å². The molecule has 0 bridgehead atoms. The standard InChI is InChI=1S/C17H24/c1-7-8-9-13(2)16-12-15(17(4,5)6)11-10-14(16)3/h10-13H,9H2,1-6H3. The minimum Gasteiger partial charge on any atom is -0.107 e. The first-order valence-electron chi connectivity index (χ1n) is 6.37. The van der Waals surface area contributed by atoms with Crippen LogP contribution in [-0.2, 0) is 5.41 Å². The molecule has 0 aliphatic heterocycles. The van der Waals surface area contributed by atoms with Crippen LogP contribution < -0.4 is 0 Å². The van der Waals surface area contributed by atoms with Gasteiger partial charge >= 0.3 is 0 Å². The molecular formula is C17H24. The number of rotatable bonds is 2. The van der Waals surface area contributed by atoms with Crippen LogP contribution in [0.2, 0.25) is 0 Å². The maximum atomic E-state index is 3.18. The van der Waals surface area contributed by atoms with Crippen LogP contribution in [0.4, 0.5) is 0 Å². The van der Waals surface area contributed by atoms with Crippen LogP contribution >= 0.6 is 0 Å². The third-order valence-corrected chi connectivity index (χ3v) is 3.26. The van der Waals surface area contributed by atoms with Crippen LogP contribution in [-0.4, -0.2) is 0 Å². The third kappa shape index (κ3) is 3.63. The first kappa shape index (κ1) is 13.8. The zero-order chi connectivity index (χ0) is 13.1. The molecule has 1 atom stereocenters. The van der Waals surface area contributed by atoms with E-state index in [2.05, 4.69) is 64.7 Å². The van der Waals surface area contributed by atoms with Gasteiger partial charge in [0.2, 0.25) is 0 Å². The highest BCUT2D eigenvalue weighted by Gasteiger charge is 2.16. The van der Waals surface area contributed by atoms with Crippen LogP contribution in [0.1, 0.15) is 63.6 Å². The summed E-state index contributed by atoms with van der Waals surface area (Å²) in [5.74, 6) is 6.68. The van der Waals surface area contributed by atoms with E-state index in [9.17, 15) is 0 Å². The van der Waals surface area contributed by atoms with Crippen LogP contribution in [0.25, 0.3) is 0 Å². The van der Waals surface area contributed by atoms with E-state index in [4.69, 9.17) is 0 Å². The molecule has 0 aromatic heterocycles. The predicted molar refractivity (Wildman–Crippen MR) is 76.4 cm³/mol. The van der Waals surface area contributed by atoms with Crippen molar-refractivity contribution >= 4 is 0 Å². The molecule has 17 heavy (non-hydrogen) atoms. The second kappa shape index (κ2) is 5.41. The Balaban J connectivity index is 3.09. The molecule has 0 fully saturated rings. The summed E-state index contributed by atoms with van der Waals surface area (Å²) in [5.41, 5.74) is 4.46. The van der Waals surface area contributed by atoms with Crippen molar-refractivity contribution in [2.45, 2.75) is 59.3 Å². The molecule has 0 aliphatic rings. The largest absolute Gasteiger partial charge is 0.107 e. The highest BCUT2D eigenvalue weighted by atomic mass is 14.2. The van der Waals surface area contributed by atoms with E-state index in [1.807, 2.05) is 6.92 Å². The van der Waals surface area contributed by atoms with Crippen molar-refractivity contribution in [3.63, 3.8) is 0 Å². The molecule has 92 valence electrons. The lowest BCUT2D eigenvalue weighted by molar-refractivity contribution is 0.587. The lowest BCUT2D eigenvalue weighted by Gasteiger charge is -2.22. The van der Waals surface area contributed by atoms with Gasteiger partial charge in [0.05, 0.1) is 0 Å². The molecule has 0 saturated carbocycles. The summed E-state index contributed by atoms with van der Waals surface area (Å²) in [6, 6.07) is 6.85. The van der Waals surface area contributed by atoms with Gasteiger partial charge in [-0.05, 0) is 41.9 Å². The fraction of sp³-hybridized carbons (Fsp3) is 0.529. The van der Waals surface area contributed by atoms with E-state index in [0.717, 1.165) is 6.42 Å². The Labute approximate surface area is 106 Å². The fourth-order valence-electron chi connectivity index (χ4n) is 2.00. The molecule has 1 aromatic rings. The van der Waals surface area contributed by atoms with Gasteiger partial charge in [0, 0.05) is 6.42 Å². The van der Waals surface area contributed by atoms with Crippen molar-refractivity contribution in [3.05, 3.63) is 34.9 Å². The van der Waals surface area contributed by atoms with Gasteiger partial charge in [-0.3, -0.25) is 0 Å². The first-order chi connectivity index (χ1) is 7.86. The van der Waals surface area contributed by atoms with Gasteiger partial charge < -0.3 is 0 Å². The molecule has 1 unspecified atom stereocenters. The van der Waals surface area contributed by atoms with Gasteiger partial charge in [0.15, 0.2) is 0 Å². The average Bonchev–Trinajstić information content (AvgIpc) is 2.24. The molecule has 1 aromatic carbocycles. The Morgan fingerprint density at radius 2 is 1.88 bits per heavy atom. The fourth-order valence-corrected chi connectivity index (χ4v) is 2.00. The summed E-state index contributed by atoms with van der Waals surface area (Å²) in [4.78, 5) is 0. The van der Waals surface area contributed by atoms with Gasteiger partial charge in [-0.2, -0.15) is 0 Å². The molecule has 0 N–H and O–H groups in total. The molecule has 0 heterocycles. The summed E-state index contributed by atoms with van der Waals surface area (Å²) in [6.45, 7) is 13.1. The van der Waals surface area contributed by atoms with Crippen molar-refractivity contribution in [1.29, 1.82) is 0 Å². The molecule has 0 heteroatoms. The van der Waals surface area contributed by atoms with E-state index in [1.54, 1.807) is 0 Å². The Bertz CT molecular complexity index is 435. The minimum atomic E-state index is 0.221. The SMILES string of the molecule is CC#CCC(C)c1cc(C(C)(C)C)ccc1C. The quantitative estimate of drug-likeness (QED) is 0.637. The van der Waals surface area contributed by atoms with Crippen LogP contribution in [0.15, 0.2) is 18.2 Å². The Hall–Kier alpha value is -1.22. The summed E-state index contributed by atoms with van der Waals surface area (Å²) < 4.78 is 0. The maximum absolute atomic E-state index is 3.18. The van der Waals surface area contributed by atoms with E-state index in [-0.39, 0.29) is 5.41 Å². The van der Waals surface area contributed by atoms with Crippen LogP contribution in [0, 0.1) is 18.8 Å². The van der Waals surface area contributed by atoms with Crippen molar-refractivity contribution < 1.29 is 0 Å². The maximum Gasteiger partial charge on any atom is 0.0155 e. The normalized spacial score (nSPS) is 12.8. The van der Waals surface area contributed by atoms with E-state index < -0.39 is 0 Å². The zero-order valence-electron chi connectivity index (χ0n) is 12.0. The topological polar surface area (TPSA) is 0 Å². The van der Waals surface area contributed by atoms with Crippen molar-refractivity contribution in [2.75, 3.05) is 0 Å². The van der Waals surface area contributed by atoms with Crippen LogP contribution in [0.3, 0.4) is 0 Å². The molecule has 1 rings (SSSR count). The molecule has 0 amide bonds. The summed E-state index contributed by atoms with van der Waals surface area (Å²) >= 11 is 0. The van der Waals surface area contributed by atoms with E-state index in [0.29, 0.717) is 5.92 Å². The molecule has 0 nitrogen and oxygen atoms in total. The number of aryl methyl sites for hydroxylation is 1. The molecule has 0 spiro atoms. The van der Waals surface area contributed by atoms with Gasteiger partial charge in [-0.1, -0.05) is 45.9 Å².